The van der Waals surface area contributed by atoms with Gasteiger partial charge in [-0.05, 0) is 18.3 Å². The molecule has 2 rings (SSSR count). The van der Waals surface area contributed by atoms with Crippen molar-refractivity contribution in [2.75, 3.05) is 6.61 Å². The van der Waals surface area contributed by atoms with Gasteiger partial charge in [0.1, 0.15) is 6.61 Å². The molecule has 6 heteroatoms. The zero-order chi connectivity index (χ0) is 15.1. The Morgan fingerprint density at radius 3 is 2.45 bits per heavy atom. The minimum Gasteiger partial charge on any atom is -0.481 e. The highest BCUT2D eigenvalue weighted by atomic mass is 16.5. The molecular formula is C14H18O6. The van der Waals surface area contributed by atoms with E-state index in [0.29, 0.717) is 12.8 Å². The van der Waals surface area contributed by atoms with Gasteiger partial charge in [0.15, 0.2) is 0 Å². The van der Waals surface area contributed by atoms with Crippen LogP contribution < -0.4 is 0 Å². The summed E-state index contributed by atoms with van der Waals surface area (Å²) < 4.78 is 5.08. The maximum Gasteiger partial charge on any atom is 0.306 e. The lowest BCUT2D eigenvalue weighted by molar-refractivity contribution is -0.155. The van der Waals surface area contributed by atoms with Crippen molar-refractivity contribution >= 4 is 23.5 Å². The molecular weight excluding hydrogens is 264 g/mol. The van der Waals surface area contributed by atoms with Crippen molar-refractivity contribution in [3.05, 3.63) is 0 Å². The molecule has 0 spiro atoms. The Bertz CT molecular complexity index is 492. The lowest BCUT2D eigenvalue weighted by atomic mass is 9.69. The van der Waals surface area contributed by atoms with Gasteiger partial charge in [0.25, 0.3) is 0 Å². The van der Waals surface area contributed by atoms with Gasteiger partial charge >= 0.3 is 11.9 Å². The average molecular weight is 282 g/mol. The summed E-state index contributed by atoms with van der Waals surface area (Å²) in [6.45, 7) is 3.59. The fraction of sp³-hybridized carbons (Fsp3) is 0.714. The molecule has 2 atom stereocenters. The van der Waals surface area contributed by atoms with Crippen molar-refractivity contribution in [3.8, 4) is 0 Å². The van der Waals surface area contributed by atoms with Gasteiger partial charge in [0.2, 0.25) is 11.6 Å². The first-order valence-corrected chi connectivity index (χ1v) is 6.68. The number of carboxylic acid groups (broad SMARTS) is 1. The molecule has 0 aliphatic heterocycles. The van der Waals surface area contributed by atoms with Gasteiger partial charge in [-0.3, -0.25) is 19.2 Å². The van der Waals surface area contributed by atoms with Crippen molar-refractivity contribution in [2.24, 2.45) is 16.7 Å². The Balaban J connectivity index is 2.05. The molecule has 2 unspecified atom stereocenters. The number of ketones is 2. The Morgan fingerprint density at radius 1 is 1.30 bits per heavy atom. The Kier molecular flexibility index (Phi) is 3.44. The van der Waals surface area contributed by atoms with Crippen LogP contribution in [0.5, 0.6) is 0 Å². The van der Waals surface area contributed by atoms with Gasteiger partial charge in [-0.2, -0.15) is 0 Å². The molecule has 0 amide bonds. The molecule has 2 fully saturated rings. The number of carbonyl (C=O) groups excluding carboxylic acids is 3. The van der Waals surface area contributed by atoms with E-state index in [2.05, 4.69) is 0 Å². The lowest BCUT2D eigenvalue weighted by Crippen LogP contribution is -2.42. The molecule has 2 saturated carbocycles. The molecule has 2 bridgehead atoms. The summed E-state index contributed by atoms with van der Waals surface area (Å²) in [5.74, 6) is -2.80. The van der Waals surface area contributed by atoms with Gasteiger partial charge < -0.3 is 9.84 Å². The van der Waals surface area contributed by atoms with Crippen LogP contribution >= 0.6 is 0 Å². The highest BCUT2D eigenvalue weighted by Gasteiger charge is 2.69. The molecule has 0 saturated heterocycles. The molecule has 6 nitrogen and oxygen atoms in total. The van der Waals surface area contributed by atoms with Crippen LogP contribution in [0.2, 0.25) is 0 Å². The number of fused-ring (bicyclic) bond motifs is 2. The Labute approximate surface area is 116 Å². The number of aliphatic carboxylic acids is 1. The van der Waals surface area contributed by atoms with Crippen molar-refractivity contribution in [1.29, 1.82) is 0 Å². The van der Waals surface area contributed by atoms with Crippen LogP contribution in [0.15, 0.2) is 0 Å². The SMILES string of the molecule is CC1(C)C2CCC1(COC(=O)CCC(=O)O)C(=O)C2=O. The molecule has 0 aromatic rings. The summed E-state index contributed by atoms with van der Waals surface area (Å²) in [6.07, 6.45) is 0.661. The van der Waals surface area contributed by atoms with Crippen LogP contribution in [-0.4, -0.2) is 35.2 Å². The van der Waals surface area contributed by atoms with E-state index in [1.54, 1.807) is 0 Å². The minimum atomic E-state index is -1.08. The van der Waals surface area contributed by atoms with E-state index in [-0.39, 0.29) is 31.1 Å². The normalized spacial score (nSPS) is 30.6. The average Bonchev–Trinajstić information content (AvgIpc) is 2.70. The number of esters is 1. The summed E-state index contributed by atoms with van der Waals surface area (Å²) in [5.41, 5.74) is -1.43. The molecule has 2 aliphatic rings. The quantitative estimate of drug-likeness (QED) is 0.596. The van der Waals surface area contributed by atoms with E-state index >= 15 is 0 Å². The van der Waals surface area contributed by atoms with Gasteiger partial charge in [0, 0.05) is 5.92 Å². The summed E-state index contributed by atoms with van der Waals surface area (Å²) >= 11 is 0. The third-order valence-electron chi connectivity index (χ3n) is 4.96. The zero-order valence-corrected chi connectivity index (χ0v) is 11.6. The largest absolute Gasteiger partial charge is 0.481 e. The van der Waals surface area contributed by atoms with Crippen LogP contribution in [-0.2, 0) is 23.9 Å². The van der Waals surface area contributed by atoms with Crippen LogP contribution in [0.4, 0.5) is 0 Å². The number of ether oxygens (including phenoxy) is 1. The molecule has 0 radical (unpaired) electrons. The van der Waals surface area contributed by atoms with Crippen LogP contribution in [0.25, 0.3) is 0 Å². The fourth-order valence-electron chi connectivity index (χ4n) is 3.47. The standard InChI is InChI=1S/C14H18O6/c1-13(2)8-5-6-14(13,12(19)11(8)18)7-20-10(17)4-3-9(15)16/h8H,3-7H2,1-2H3,(H,15,16). The maximum absolute atomic E-state index is 12.1. The van der Waals surface area contributed by atoms with Crippen LogP contribution in [0, 0.1) is 16.7 Å². The highest BCUT2D eigenvalue weighted by Crippen LogP contribution is 2.62. The van der Waals surface area contributed by atoms with E-state index in [9.17, 15) is 19.2 Å². The first-order valence-electron chi connectivity index (χ1n) is 6.68. The predicted octanol–water partition coefficient (Wildman–Crippen LogP) is 0.969. The van der Waals surface area contributed by atoms with Gasteiger partial charge in [0.05, 0.1) is 18.3 Å². The molecule has 110 valence electrons. The number of carbonyl (C=O) groups is 4. The van der Waals surface area contributed by atoms with E-state index in [0.717, 1.165) is 0 Å². The molecule has 20 heavy (non-hydrogen) atoms. The molecule has 0 aromatic carbocycles. The minimum absolute atomic E-state index is 0.125. The van der Waals surface area contributed by atoms with Gasteiger partial charge in [-0.25, -0.2) is 0 Å². The maximum atomic E-state index is 12.1. The number of hydrogen-bond acceptors (Lipinski definition) is 5. The molecule has 2 aliphatic carbocycles. The number of Topliss-reactive ketones (excluding diaryl/α,β-unsaturated/α-hetero) is 2. The van der Waals surface area contributed by atoms with E-state index in [4.69, 9.17) is 9.84 Å². The number of carboxylic acids is 1. The molecule has 1 N–H and O–H groups in total. The third kappa shape index (κ3) is 1.94. The second-order valence-corrected chi connectivity index (χ2v) is 6.14. The summed E-state index contributed by atoms with van der Waals surface area (Å²) in [4.78, 5) is 45.9. The first-order chi connectivity index (χ1) is 9.22. The van der Waals surface area contributed by atoms with Crippen molar-refractivity contribution in [2.45, 2.75) is 39.5 Å². The highest BCUT2D eigenvalue weighted by molar-refractivity contribution is 6.43. The fourth-order valence-corrected chi connectivity index (χ4v) is 3.47. The second-order valence-electron chi connectivity index (χ2n) is 6.14. The summed E-state index contributed by atoms with van der Waals surface area (Å²) in [7, 11) is 0. The van der Waals surface area contributed by atoms with Crippen molar-refractivity contribution in [3.63, 3.8) is 0 Å². The lowest BCUT2D eigenvalue weighted by Gasteiger charge is -2.34. The molecule has 0 heterocycles. The molecule has 0 aromatic heterocycles. The van der Waals surface area contributed by atoms with E-state index < -0.39 is 28.6 Å². The number of hydrogen-bond donors (Lipinski definition) is 1. The third-order valence-corrected chi connectivity index (χ3v) is 4.96. The Hall–Kier alpha value is -1.72. The second kappa shape index (κ2) is 4.68. The smallest absolute Gasteiger partial charge is 0.306 e. The van der Waals surface area contributed by atoms with E-state index in [1.165, 1.54) is 0 Å². The topological polar surface area (TPSA) is 97.7 Å². The predicted molar refractivity (Wildman–Crippen MR) is 66.8 cm³/mol. The summed E-state index contributed by atoms with van der Waals surface area (Å²) in [6, 6.07) is 0. The zero-order valence-electron chi connectivity index (χ0n) is 11.6. The van der Waals surface area contributed by atoms with E-state index in [1.807, 2.05) is 13.8 Å². The number of rotatable bonds is 5. The van der Waals surface area contributed by atoms with Gasteiger partial charge in [-0.1, -0.05) is 13.8 Å². The Morgan fingerprint density at radius 2 is 1.95 bits per heavy atom. The monoisotopic (exact) mass is 282 g/mol. The summed E-state index contributed by atoms with van der Waals surface area (Å²) in [5, 5.41) is 8.50. The van der Waals surface area contributed by atoms with Crippen LogP contribution in [0.3, 0.4) is 0 Å². The van der Waals surface area contributed by atoms with Crippen molar-refractivity contribution < 1.29 is 29.0 Å². The first kappa shape index (κ1) is 14.7. The van der Waals surface area contributed by atoms with Crippen molar-refractivity contribution in [1.82, 2.24) is 0 Å². The van der Waals surface area contributed by atoms with Crippen LogP contribution in [0.1, 0.15) is 39.5 Å². The van der Waals surface area contributed by atoms with Gasteiger partial charge in [-0.15, -0.1) is 0 Å².